The molecule has 1 aliphatic carbocycles. The molecule has 0 atom stereocenters. The third kappa shape index (κ3) is 7.52. The highest BCUT2D eigenvalue weighted by Crippen LogP contribution is 2.29. The van der Waals surface area contributed by atoms with Gasteiger partial charge in [0.25, 0.3) is 0 Å². The van der Waals surface area contributed by atoms with E-state index in [1.54, 1.807) is 0 Å². The minimum Gasteiger partial charge on any atom is -0.300 e. The van der Waals surface area contributed by atoms with Gasteiger partial charge in [-0.3, -0.25) is 4.79 Å². The molecule has 0 amide bonds. The van der Waals surface area contributed by atoms with Gasteiger partial charge >= 0.3 is 0 Å². The predicted octanol–water partition coefficient (Wildman–Crippen LogP) is 9.10. The molecule has 0 saturated carbocycles. The zero-order chi connectivity index (χ0) is 24.5. The molecule has 0 aromatic heterocycles. The van der Waals surface area contributed by atoms with Gasteiger partial charge in [0.15, 0.2) is 0 Å². The van der Waals surface area contributed by atoms with E-state index in [1.807, 2.05) is 0 Å². The van der Waals surface area contributed by atoms with Crippen molar-refractivity contribution in [2.24, 2.45) is 0 Å². The third-order valence-corrected chi connectivity index (χ3v) is 7.21. The van der Waals surface area contributed by atoms with Crippen LogP contribution in [0.1, 0.15) is 86.1 Å². The standard InChI is InChI=1S/C34H40O/c1-3-4-5-10-27-11-6-15-30(22-27)31-16-7-12-28(23-31)13-8-17-34(35)18-9-14-29-24-32-20-19-26(2)21-33(32)25-29/h6-7,11-12,15-16,19-23,25H,3-5,8-10,13-14,17-18,24H2,1-2H3. The normalized spacial score (nSPS) is 12.5. The number of rotatable bonds is 13. The molecule has 0 spiro atoms. The number of unbranched alkanes of at least 4 members (excludes halogenated alkanes) is 2. The molecular formula is C34H40O. The maximum absolute atomic E-state index is 12.5. The lowest BCUT2D eigenvalue weighted by Gasteiger charge is -2.08. The Bertz CT molecular complexity index is 1170. The molecule has 3 aromatic rings. The summed E-state index contributed by atoms with van der Waals surface area (Å²) in [5, 5.41) is 0. The molecule has 0 saturated heterocycles. The van der Waals surface area contributed by atoms with Gasteiger partial charge in [-0.1, -0.05) is 104 Å². The molecule has 35 heavy (non-hydrogen) atoms. The number of hydrogen-bond donors (Lipinski definition) is 0. The first kappa shape index (κ1) is 25.2. The fourth-order valence-electron chi connectivity index (χ4n) is 5.21. The summed E-state index contributed by atoms with van der Waals surface area (Å²) >= 11 is 0. The van der Waals surface area contributed by atoms with Crippen molar-refractivity contribution in [3.8, 4) is 11.1 Å². The fourth-order valence-corrected chi connectivity index (χ4v) is 5.21. The van der Waals surface area contributed by atoms with Gasteiger partial charge in [-0.25, -0.2) is 0 Å². The van der Waals surface area contributed by atoms with Crippen LogP contribution in [0.4, 0.5) is 0 Å². The molecule has 0 bridgehead atoms. The van der Waals surface area contributed by atoms with Gasteiger partial charge in [-0.2, -0.15) is 0 Å². The zero-order valence-corrected chi connectivity index (χ0v) is 21.6. The van der Waals surface area contributed by atoms with Crippen LogP contribution < -0.4 is 0 Å². The van der Waals surface area contributed by atoms with E-state index in [9.17, 15) is 4.79 Å². The first-order valence-electron chi connectivity index (χ1n) is 13.6. The Morgan fingerprint density at radius 2 is 1.40 bits per heavy atom. The fraction of sp³-hybridized carbons (Fsp3) is 0.382. The molecule has 3 aromatic carbocycles. The molecular weight excluding hydrogens is 424 g/mol. The maximum atomic E-state index is 12.5. The van der Waals surface area contributed by atoms with E-state index in [-0.39, 0.29) is 0 Å². The third-order valence-electron chi connectivity index (χ3n) is 7.21. The second-order valence-electron chi connectivity index (χ2n) is 10.3. The van der Waals surface area contributed by atoms with E-state index in [2.05, 4.69) is 86.7 Å². The number of carbonyl (C=O) groups excluding carboxylic acids is 1. The molecule has 1 aliphatic rings. The molecule has 0 fully saturated rings. The molecule has 1 nitrogen and oxygen atoms in total. The summed E-state index contributed by atoms with van der Waals surface area (Å²) in [5.74, 6) is 0.410. The summed E-state index contributed by atoms with van der Waals surface area (Å²) < 4.78 is 0. The van der Waals surface area contributed by atoms with E-state index >= 15 is 0 Å². The monoisotopic (exact) mass is 464 g/mol. The SMILES string of the molecule is CCCCCc1cccc(-c2cccc(CCCC(=O)CCCC3=Cc4cc(C)ccc4C3)c2)c1. The largest absolute Gasteiger partial charge is 0.300 e. The van der Waals surface area contributed by atoms with E-state index in [0.717, 1.165) is 38.5 Å². The van der Waals surface area contributed by atoms with E-state index in [0.29, 0.717) is 18.6 Å². The van der Waals surface area contributed by atoms with Crippen LogP contribution in [0.2, 0.25) is 0 Å². The van der Waals surface area contributed by atoms with Crippen LogP contribution in [0.15, 0.2) is 72.3 Å². The van der Waals surface area contributed by atoms with Crippen molar-refractivity contribution in [3.63, 3.8) is 0 Å². The number of Topliss-reactive ketones (excluding diaryl/α,β-unsaturated/α-hetero) is 1. The average molecular weight is 465 g/mol. The van der Waals surface area contributed by atoms with Crippen LogP contribution in [-0.2, 0) is 24.1 Å². The van der Waals surface area contributed by atoms with Crippen molar-refractivity contribution in [2.45, 2.75) is 84.5 Å². The average Bonchev–Trinajstić information content (AvgIpc) is 3.26. The Labute approximate surface area is 212 Å². The van der Waals surface area contributed by atoms with Crippen LogP contribution in [0.25, 0.3) is 17.2 Å². The van der Waals surface area contributed by atoms with Gasteiger partial charge in [-0.15, -0.1) is 0 Å². The minimum atomic E-state index is 0.410. The molecule has 0 heterocycles. The Balaban J connectivity index is 1.20. The van der Waals surface area contributed by atoms with E-state index in [1.165, 1.54) is 63.8 Å². The summed E-state index contributed by atoms with van der Waals surface area (Å²) in [7, 11) is 0. The quantitative estimate of drug-likeness (QED) is 0.230. The highest BCUT2D eigenvalue weighted by molar-refractivity contribution is 5.78. The summed E-state index contributed by atoms with van der Waals surface area (Å²) in [6.07, 6.45) is 13.7. The topological polar surface area (TPSA) is 17.1 Å². The Morgan fingerprint density at radius 1 is 0.743 bits per heavy atom. The first-order valence-corrected chi connectivity index (χ1v) is 13.6. The molecule has 0 radical (unpaired) electrons. The molecule has 1 heteroatoms. The summed E-state index contributed by atoms with van der Waals surface area (Å²) in [5.41, 5.74) is 10.9. The number of ketones is 1. The Hall–Kier alpha value is -2.93. The lowest BCUT2D eigenvalue weighted by Crippen LogP contribution is -1.99. The number of aryl methyl sites for hydroxylation is 3. The lowest BCUT2D eigenvalue weighted by atomic mass is 9.97. The maximum Gasteiger partial charge on any atom is 0.132 e. The van der Waals surface area contributed by atoms with Crippen molar-refractivity contribution < 1.29 is 4.79 Å². The van der Waals surface area contributed by atoms with Gasteiger partial charge in [-0.05, 0) is 85.3 Å². The van der Waals surface area contributed by atoms with Crippen LogP contribution in [0.3, 0.4) is 0 Å². The van der Waals surface area contributed by atoms with Crippen molar-refractivity contribution in [2.75, 3.05) is 0 Å². The predicted molar refractivity (Wildman–Crippen MR) is 150 cm³/mol. The smallest absolute Gasteiger partial charge is 0.132 e. The van der Waals surface area contributed by atoms with Gasteiger partial charge in [0.2, 0.25) is 0 Å². The number of carbonyl (C=O) groups is 1. The highest BCUT2D eigenvalue weighted by atomic mass is 16.1. The minimum absolute atomic E-state index is 0.410. The second-order valence-corrected chi connectivity index (χ2v) is 10.3. The zero-order valence-electron chi connectivity index (χ0n) is 21.6. The van der Waals surface area contributed by atoms with Gasteiger partial charge in [0.1, 0.15) is 5.78 Å². The summed E-state index contributed by atoms with van der Waals surface area (Å²) in [6.45, 7) is 4.40. The van der Waals surface area contributed by atoms with Crippen LogP contribution in [0.5, 0.6) is 0 Å². The second kappa shape index (κ2) is 12.7. The van der Waals surface area contributed by atoms with Crippen molar-refractivity contribution in [1.29, 1.82) is 0 Å². The number of hydrogen-bond acceptors (Lipinski definition) is 1. The van der Waals surface area contributed by atoms with E-state index in [4.69, 9.17) is 0 Å². The summed E-state index contributed by atoms with van der Waals surface area (Å²) in [6, 6.07) is 24.6. The van der Waals surface area contributed by atoms with E-state index < -0.39 is 0 Å². The number of benzene rings is 3. The summed E-state index contributed by atoms with van der Waals surface area (Å²) in [4.78, 5) is 12.5. The van der Waals surface area contributed by atoms with Crippen molar-refractivity contribution in [3.05, 3.63) is 100 Å². The Kier molecular flexibility index (Phi) is 9.12. The number of allylic oxidation sites excluding steroid dienone is 1. The van der Waals surface area contributed by atoms with Gasteiger partial charge in [0.05, 0.1) is 0 Å². The van der Waals surface area contributed by atoms with Crippen LogP contribution in [0, 0.1) is 6.92 Å². The molecule has 0 N–H and O–H groups in total. The van der Waals surface area contributed by atoms with Crippen molar-refractivity contribution in [1.82, 2.24) is 0 Å². The van der Waals surface area contributed by atoms with Gasteiger partial charge < -0.3 is 0 Å². The molecule has 0 aliphatic heterocycles. The highest BCUT2D eigenvalue weighted by Gasteiger charge is 2.13. The van der Waals surface area contributed by atoms with Crippen LogP contribution in [-0.4, -0.2) is 5.78 Å². The Morgan fingerprint density at radius 3 is 2.09 bits per heavy atom. The van der Waals surface area contributed by atoms with Gasteiger partial charge in [0, 0.05) is 12.8 Å². The molecule has 182 valence electrons. The lowest BCUT2D eigenvalue weighted by molar-refractivity contribution is -0.119. The molecule has 4 rings (SSSR count). The first-order chi connectivity index (χ1) is 17.1. The van der Waals surface area contributed by atoms with Crippen molar-refractivity contribution >= 4 is 11.9 Å². The number of fused-ring (bicyclic) bond motifs is 1. The van der Waals surface area contributed by atoms with Crippen LogP contribution >= 0.6 is 0 Å². The molecule has 0 unspecified atom stereocenters.